The second-order valence-electron chi connectivity index (χ2n) is 10.8. The molecule has 0 aliphatic heterocycles. The highest BCUT2D eigenvalue weighted by atomic mass is 31.2. The molecule has 0 N–H and O–H groups in total. The van der Waals surface area contributed by atoms with E-state index in [1.54, 1.807) is 12.1 Å². The molecule has 0 saturated carbocycles. The Morgan fingerprint density at radius 2 is 1.00 bits per heavy atom. The van der Waals surface area contributed by atoms with Crippen molar-refractivity contribution >= 4 is 23.2 Å². The van der Waals surface area contributed by atoms with Gasteiger partial charge < -0.3 is 4.74 Å². The molecule has 0 amide bonds. The third-order valence-corrected chi connectivity index (χ3v) is 12.3. The van der Waals surface area contributed by atoms with Crippen LogP contribution in [-0.4, -0.2) is 0 Å². The van der Waals surface area contributed by atoms with E-state index in [0.29, 0.717) is 17.5 Å². The molecular weight excluding hydrogens is 591 g/mol. The molecule has 0 aliphatic rings. The number of alkyl halides is 3. The van der Waals surface area contributed by atoms with Crippen molar-refractivity contribution < 1.29 is 22.3 Å². The second-order valence-corrected chi connectivity index (χ2v) is 14.3. The lowest BCUT2D eigenvalue weighted by atomic mass is 10.0. The van der Waals surface area contributed by atoms with Gasteiger partial charge in [0.15, 0.2) is 0 Å². The van der Waals surface area contributed by atoms with Gasteiger partial charge in [-0.05, 0) is 83.4 Å². The molecule has 0 heterocycles. The van der Waals surface area contributed by atoms with Gasteiger partial charge in [0.2, 0.25) is 0 Å². The lowest BCUT2D eigenvalue weighted by Crippen LogP contribution is -2.32. The van der Waals surface area contributed by atoms with Crippen LogP contribution in [0.1, 0.15) is 16.7 Å². The van der Waals surface area contributed by atoms with Crippen molar-refractivity contribution in [3.63, 3.8) is 0 Å². The third kappa shape index (κ3) is 6.69. The first-order chi connectivity index (χ1) is 21.8. The normalized spacial score (nSPS) is 11.7. The molecule has 0 fully saturated rings. The molecule has 224 valence electrons. The Bertz CT molecular complexity index is 1740. The predicted octanol–water partition coefficient (Wildman–Crippen LogP) is 9.58. The quantitative estimate of drug-likeness (QED) is 0.115. The molecule has 6 rings (SSSR count). The zero-order valence-electron chi connectivity index (χ0n) is 24.3. The van der Waals surface area contributed by atoms with Crippen molar-refractivity contribution in [3.05, 3.63) is 180 Å². The van der Waals surface area contributed by atoms with Crippen molar-refractivity contribution in [2.45, 2.75) is 18.9 Å². The average Bonchev–Trinajstić information content (AvgIpc) is 3.08. The van der Waals surface area contributed by atoms with Crippen molar-refractivity contribution in [3.8, 4) is 16.9 Å². The van der Waals surface area contributed by atoms with Crippen LogP contribution in [0.15, 0.2) is 158 Å². The Kier molecular flexibility index (Phi) is 8.82. The van der Waals surface area contributed by atoms with Gasteiger partial charge in [0.25, 0.3) is 0 Å². The highest BCUT2D eigenvalue weighted by molar-refractivity contribution is 7.95. The Hall–Kier alpha value is -4.73. The lowest BCUT2D eigenvalue weighted by Gasteiger charge is -2.28. The number of rotatable bonds is 9. The predicted molar refractivity (Wildman–Crippen MR) is 176 cm³/mol. The van der Waals surface area contributed by atoms with Gasteiger partial charge in [0, 0.05) is 5.56 Å². The second kappa shape index (κ2) is 13.1. The molecule has 6 aromatic rings. The van der Waals surface area contributed by atoms with E-state index in [1.807, 2.05) is 78.9 Å². The Balaban J connectivity index is 1.31. The SMILES string of the molecule is Fc1ccc(OCc2ccc(-c3ccc(C(F)(F)F)cc3)cc2)c(C[P+](c2ccccc2)(c2ccccc2)c2ccccc2)c1. The maximum atomic E-state index is 14.9. The van der Waals surface area contributed by atoms with E-state index in [0.717, 1.165) is 28.8 Å². The zero-order valence-corrected chi connectivity index (χ0v) is 25.2. The fraction of sp³-hybridized carbons (Fsp3) is 0.0769. The van der Waals surface area contributed by atoms with Gasteiger partial charge in [0.05, 0.1) is 5.56 Å². The van der Waals surface area contributed by atoms with E-state index in [-0.39, 0.29) is 12.4 Å². The average molecular weight is 622 g/mol. The number of hydrogen-bond donors (Lipinski definition) is 0. The summed E-state index contributed by atoms with van der Waals surface area (Å²) in [5.41, 5.74) is 2.49. The minimum atomic E-state index is -4.37. The van der Waals surface area contributed by atoms with Crippen LogP contribution in [0.25, 0.3) is 11.1 Å². The van der Waals surface area contributed by atoms with E-state index >= 15 is 0 Å². The molecule has 0 bridgehead atoms. The summed E-state index contributed by atoms with van der Waals surface area (Å²) in [7, 11) is -2.29. The van der Waals surface area contributed by atoms with Gasteiger partial charge in [-0.15, -0.1) is 0 Å². The van der Waals surface area contributed by atoms with Crippen LogP contribution in [0, 0.1) is 5.82 Å². The molecule has 0 spiro atoms. The highest BCUT2D eigenvalue weighted by Crippen LogP contribution is 2.59. The van der Waals surface area contributed by atoms with Gasteiger partial charge in [-0.1, -0.05) is 91.0 Å². The molecule has 0 saturated heterocycles. The maximum Gasteiger partial charge on any atom is 0.416 e. The maximum absolute atomic E-state index is 14.9. The molecule has 6 heteroatoms. The topological polar surface area (TPSA) is 9.23 Å². The van der Waals surface area contributed by atoms with E-state index in [1.165, 1.54) is 34.1 Å². The minimum absolute atomic E-state index is 0.249. The molecule has 0 unspecified atom stereocenters. The summed E-state index contributed by atoms with van der Waals surface area (Å²) in [4.78, 5) is 0. The van der Waals surface area contributed by atoms with Crippen molar-refractivity contribution in [2.75, 3.05) is 0 Å². The van der Waals surface area contributed by atoms with Crippen LogP contribution < -0.4 is 20.7 Å². The van der Waals surface area contributed by atoms with E-state index in [9.17, 15) is 17.6 Å². The van der Waals surface area contributed by atoms with Crippen molar-refractivity contribution in [1.29, 1.82) is 0 Å². The molecule has 0 radical (unpaired) electrons. The van der Waals surface area contributed by atoms with Crippen LogP contribution >= 0.6 is 7.26 Å². The summed E-state index contributed by atoms with van der Waals surface area (Å²) >= 11 is 0. The number of ether oxygens (including phenoxy) is 1. The summed E-state index contributed by atoms with van der Waals surface area (Å²) < 4.78 is 60.1. The Morgan fingerprint density at radius 3 is 1.47 bits per heavy atom. The summed E-state index contributed by atoms with van der Waals surface area (Å²) in [5.74, 6) is 0.279. The fourth-order valence-corrected chi connectivity index (χ4v) is 9.89. The Labute approximate surface area is 261 Å². The van der Waals surface area contributed by atoms with Crippen molar-refractivity contribution in [2.24, 2.45) is 0 Å². The van der Waals surface area contributed by atoms with Gasteiger partial charge >= 0.3 is 6.18 Å². The highest BCUT2D eigenvalue weighted by Gasteiger charge is 2.46. The first-order valence-corrected chi connectivity index (χ1v) is 16.5. The monoisotopic (exact) mass is 621 g/mol. The third-order valence-electron chi connectivity index (χ3n) is 7.91. The summed E-state index contributed by atoms with van der Waals surface area (Å²) in [6.45, 7) is 0.249. The summed E-state index contributed by atoms with van der Waals surface area (Å²) in [5, 5.41) is 3.57. The Morgan fingerprint density at radius 1 is 0.533 bits per heavy atom. The summed E-state index contributed by atoms with van der Waals surface area (Å²) in [6.07, 6.45) is -3.81. The van der Waals surface area contributed by atoms with Crippen LogP contribution in [0.5, 0.6) is 5.75 Å². The molecule has 0 atom stereocenters. The smallest absolute Gasteiger partial charge is 0.416 e. The van der Waals surface area contributed by atoms with Crippen LogP contribution in [0.2, 0.25) is 0 Å². The lowest BCUT2D eigenvalue weighted by molar-refractivity contribution is -0.137. The van der Waals surface area contributed by atoms with Gasteiger partial charge in [-0.25, -0.2) is 4.39 Å². The standard InChI is InChI=1S/C39H30F4OP/c40-34-24-25-38(44-27-29-16-18-30(19-17-29)31-20-22-33(23-21-31)39(41,42)43)32(26-34)28-45(35-10-4-1-5-11-35,36-12-6-2-7-13-36)37-14-8-3-9-15-37/h1-26H,27-28H2/q+1. The largest absolute Gasteiger partial charge is 0.488 e. The van der Waals surface area contributed by atoms with E-state index in [4.69, 9.17) is 4.74 Å². The first-order valence-electron chi connectivity index (χ1n) is 14.6. The first kappa shape index (κ1) is 30.3. The number of hydrogen-bond acceptors (Lipinski definition) is 1. The number of halogens is 4. The molecule has 6 aromatic carbocycles. The van der Waals surface area contributed by atoms with Crippen LogP contribution in [0.4, 0.5) is 17.6 Å². The molecular formula is C39H30F4OP+. The molecule has 0 aromatic heterocycles. The van der Waals surface area contributed by atoms with E-state index < -0.39 is 19.0 Å². The van der Waals surface area contributed by atoms with Gasteiger partial charge in [-0.2, -0.15) is 13.2 Å². The zero-order chi connectivity index (χ0) is 31.3. The molecule has 45 heavy (non-hydrogen) atoms. The van der Waals surface area contributed by atoms with Gasteiger partial charge in [0.1, 0.15) is 47.5 Å². The minimum Gasteiger partial charge on any atom is -0.488 e. The van der Waals surface area contributed by atoms with Crippen LogP contribution in [-0.2, 0) is 18.9 Å². The van der Waals surface area contributed by atoms with Crippen molar-refractivity contribution in [1.82, 2.24) is 0 Å². The molecule has 1 nitrogen and oxygen atoms in total. The van der Waals surface area contributed by atoms with E-state index in [2.05, 4.69) is 36.4 Å². The van der Waals surface area contributed by atoms with Gasteiger partial charge in [-0.3, -0.25) is 0 Å². The summed E-state index contributed by atoms with van der Waals surface area (Å²) in [6, 6.07) is 48.6. The number of benzene rings is 6. The van der Waals surface area contributed by atoms with Crippen LogP contribution in [0.3, 0.4) is 0 Å². The molecule has 0 aliphatic carbocycles. The fourth-order valence-electron chi connectivity index (χ4n) is 5.64.